The van der Waals surface area contributed by atoms with Crippen LogP contribution >= 0.6 is 0 Å². The summed E-state index contributed by atoms with van der Waals surface area (Å²) in [5.41, 5.74) is 0. The van der Waals surface area contributed by atoms with Crippen molar-refractivity contribution in [2.45, 2.75) is 11.3 Å². The number of benzene rings is 1. The zero-order valence-corrected chi connectivity index (χ0v) is 11.7. The number of hydrogen-bond acceptors (Lipinski definition) is 4. The first kappa shape index (κ1) is 17.5. The van der Waals surface area contributed by atoms with Gasteiger partial charge in [0.1, 0.15) is 5.75 Å². The van der Waals surface area contributed by atoms with Crippen LogP contribution in [-0.4, -0.2) is 43.9 Å². The lowest BCUT2D eigenvalue weighted by molar-refractivity contribution is -0.274. The van der Waals surface area contributed by atoms with Crippen molar-refractivity contribution in [3.8, 4) is 5.75 Å². The second-order valence-corrected chi connectivity index (χ2v) is 5.83. The number of sulfonamides is 1. The van der Waals surface area contributed by atoms with Gasteiger partial charge in [0.25, 0.3) is 0 Å². The maximum Gasteiger partial charge on any atom is 0.573 e. The van der Waals surface area contributed by atoms with Gasteiger partial charge in [0.2, 0.25) is 10.0 Å². The molecule has 1 N–H and O–H groups in total. The maximum atomic E-state index is 12.2. The third-order valence-electron chi connectivity index (χ3n) is 2.38. The first-order chi connectivity index (χ1) is 9.70. The molecule has 0 saturated heterocycles. The highest BCUT2D eigenvalue weighted by molar-refractivity contribution is 7.89. The molecule has 5 nitrogen and oxygen atoms in total. The Bertz CT molecular complexity index is 569. The lowest BCUT2D eigenvalue weighted by atomic mass is 10.3. The predicted molar refractivity (Wildman–Crippen MR) is 69.2 cm³/mol. The van der Waals surface area contributed by atoms with Crippen LogP contribution in [0, 0.1) is 0 Å². The first-order valence-corrected chi connectivity index (χ1v) is 7.22. The summed E-state index contributed by atoms with van der Waals surface area (Å²) in [5, 5.41) is 8.86. The number of rotatable bonds is 7. The Morgan fingerprint density at radius 3 is 2.29 bits per heavy atom. The zero-order valence-electron chi connectivity index (χ0n) is 10.9. The molecule has 1 rings (SSSR count). The maximum absolute atomic E-state index is 12.2. The van der Waals surface area contributed by atoms with Gasteiger partial charge in [-0.3, -0.25) is 0 Å². The van der Waals surface area contributed by atoms with E-state index in [9.17, 15) is 21.6 Å². The molecule has 0 unspecified atom stereocenters. The number of nitrogens with zero attached hydrogens (tertiary/aromatic N) is 1. The van der Waals surface area contributed by atoms with Gasteiger partial charge in [0, 0.05) is 13.1 Å². The summed E-state index contributed by atoms with van der Waals surface area (Å²) in [7, 11) is -3.92. The van der Waals surface area contributed by atoms with E-state index in [4.69, 9.17) is 5.11 Å². The molecule has 0 spiro atoms. The smallest absolute Gasteiger partial charge is 0.406 e. The molecule has 0 fully saturated rings. The molecular weight excluding hydrogens is 311 g/mol. The number of aliphatic hydroxyl groups is 1. The average molecular weight is 325 g/mol. The normalized spacial score (nSPS) is 12.4. The predicted octanol–water partition coefficient (Wildman–Crippen LogP) is 1.75. The largest absolute Gasteiger partial charge is 0.573 e. The van der Waals surface area contributed by atoms with Crippen LogP contribution < -0.4 is 4.74 Å². The van der Waals surface area contributed by atoms with Crippen molar-refractivity contribution < 1.29 is 31.4 Å². The van der Waals surface area contributed by atoms with Crippen molar-refractivity contribution in [2.75, 3.05) is 19.7 Å². The summed E-state index contributed by atoms with van der Waals surface area (Å²) in [6.45, 7) is 2.86. The van der Waals surface area contributed by atoms with Gasteiger partial charge in [-0.25, -0.2) is 8.42 Å². The van der Waals surface area contributed by atoms with Gasteiger partial charge < -0.3 is 9.84 Å². The molecule has 0 saturated carbocycles. The zero-order chi connectivity index (χ0) is 16.1. The minimum Gasteiger partial charge on any atom is -0.406 e. The van der Waals surface area contributed by atoms with Crippen LogP contribution in [0.4, 0.5) is 13.2 Å². The van der Waals surface area contributed by atoms with E-state index in [0.29, 0.717) is 0 Å². The average Bonchev–Trinajstić information content (AvgIpc) is 2.37. The van der Waals surface area contributed by atoms with Gasteiger partial charge in [0.05, 0.1) is 11.5 Å². The third-order valence-corrected chi connectivity index (χ3v) is 4.26. The van der Waals surface area contributed by atoms with Gasteiger partial charge in [0.15, 0.2) is 0 Å². The third kappa shape index (κ3) is 5.03. The summed E-state index contributed by atoms with van der Waals surface area (Å²) in [4.78, 5) is -0.202. The van der Waals surface area contributed by atoms with E-state index < -0.39 is 22.1 Å². The number of alkyl halides is 3. The quantitative estimate of drug-likeness (QED) is 0.776. The minimum absolute atomic E-state index is 0.0241. The fourth-order valence-corrected chi connectivity index (χ4v) is 2.93. The van der Waals surface area contributed by atoms with E-state index in [1.165, 1.54) is 6.08 Å². The molecule has 0 atom stereocenters. The van der Waals surface area contributed by atoms with Gasteiger partial charge in [-0.15, -0.1) is 19.8 Å². The summed E-state index contributed by atoms with van der Waals surface area (Å²) in [6.07, 6.45) is -3.50. The lowest BCUT2D eigenvalue weighted by Crippen LogP contribution is -2.33. The molecule has 0 aliphatic rings. The van der Waals surface area contributed by atoms with E-state index >= 15 is 0 Å². The van der Waals surface area contributed by atoms with E-state index in [-0.39, 0.29) is 24.6 Å². The Kier molecular flexibility index (Phi) is 5.76. The number of halogens is 3. The highest BCUT2D eigenvalue weighted by Gasteiger charge is 2.31. The van der Waals surface area contributed by atoms with Crippen molar-refractivity contribution in [3.63, 3.8) is 0 Å². The van der Waals surface area contributed by atoms with Crippen LogP contribution in [0.3, 0.4) is 0 Å². The van der Waals surface area contributed by atoms with Crippen molar-refractivity contribution in [3.05, 3.63) is 36.9 Å². The summed E-state index contributed by atoms with van der Waals surface area (Å²) in [6, 6.07) is 3.82. The second-order valence-electron chi connectivity index (χ2n) is 3.89. The molecule has 21 heavy (non-hydrogen) atoms. The van der Waals surface area contributed by atoms with Gasteiger partial charge >= 0.3 is 6.36 Å². The summed E-state index contributed by atoms with van der Waals surface area (Å²) in [5.74, 6) is -0.515. The van der Waals surface area contributed by atoms with Gasteiger partial charge in [-0.2, -0.15) is 4.31 Å². The number of ether oxygens (including phenoxy) is 1. The summed E-state index contributed by atoms with van der Waals surface area (Å²) >= 11 is 0. The molecule has 1 aromatic carbocycles. The lowest BCUT2D eigenvalue weighted by Gasteiger charge is -2.19. The van der Waals surface area contributed by atoms with Crippen LogP contribution in [0.5, 0.6) is 5.75 Å². The van der Waals surface area contributed by atoms with Crippen molar-refractivity contribution in [1.29, 1.82) is 0 Å². The standard InChI is InChI=1S/C12H14F3NO4S/c1-2-7-16(8-9-17)21(18,19)11-5-3-10(4-6-11)20-12(13,14)15/h2-6,17H,1,7-9H2. The molecule has 1 aromatic rings. The Balaban J connectivity index is 3.00. The molecule has 9 heteroatoms. The Labute approximate surface area is 120 Å². The Morgan fingerprint density at radius 2 is 1.86 bits per heavy atom. The molecule has 0 bridgehead atoms. The Hall–Kier alpha value is -1.58. The van der Waals surface area contributed by atoms with Crippen LogP contribution in [0.25, 0.3) is 0 Å². The number of aliphatic hydroxyl groups excluding tert-OH is 1. The molecule has 0 aromatic heterocycles. The van der Waals surface area contributed by atoms with Crippen LogP contribution in [-0.2, 0) is 10.0 Å². The van der Waals surface area contributed by atoms with E-state index in [0.717, 1.165) is 28.6 Å². The topological polar surface area (TPSA) is 66.8 Å². The van der Waals surface area contributed by atoms with Crippen molar-refractivity contribution >= 4 is 10.0 Å². The fourth-order valence-electron chi connectivity index (χ4n) is 1.53. The molecule has 0 aliphatic heterocycles. The number of hydrogen-bond donors (Lipinski definition) is 1. The molecule has 0 aliphatic carbocycles. The Morgan fingerprint density at radius 1 is 1.29 bits per heavy atom. The van der Waals surface area contributed by atoms with E-state index in [1.54, 1.807) is 0 Å². The first-order valence-electron chi connectivity index (χ1n) is 5.78. The highest BCUT2D eigenvalue weighted by atomic mass is 32.2. The van der Waals surface area contributed by atoms with Crippen molar-refractivity contribution in [2.24, 2.45) is 0 Å². The van der Waals surface area contributed by atoms with Gasteiger partial charge in [-0.1, -0.05) is 6.08 Å². The fraction of sp³-hybridized carbons (Fsp3) is 0.333. The highest BCUT2D eigenvalue weighted by Crippen LogP contribution is 2.25. The molecule has 118 valence electrons. The minimum atomic E-state index is -4.84. The summed E-state index contributed by atoms with van der Waals surface area (Å²) < 4.78 is 65.1. The molecule has 0 radical (unpaired) electrons. The molecule has 0 amide bonds. The van der Waals surface area contributed by atoms with Crippen molar-refractivity contribution in [1.82, 2.24) is 4.31 Å². The van der Waals surface area contributed by atoms with Crippen LogP contribution in [0.2, 0.25) is 0 Å². The SMILES string of the molecule is C=CCN(CCO)S(=O)(=O)c1ccc(OC(F)(F)F)cc1. The van der Waals surface area contributed by atoms with E-state index in [1.807, 2.05) is 0 Å². The molecular formula is C12H14F3NO4S. The van der Waals surface area contributed by atoms with Crippen LogP contribution in [0.1, 0.15) is 0 Å². The monoisotopic (exact) mass is 325 g/mol. The van der Waals surface area contributed by atoms with Gasteiger partial charge in [-0.05, 0) is 24.3 Å². The molecule has 0 heterocycles. The second kappa shape index (κ2) is 6.92. The van der Waals surface area contributed by atoms with E-state index in [2.05, 4.69) is 11.3 Å². The van der Waals surface area contributed by atoms with Crippen LogP contribution in [0.15, 0.2) is 41.8 Å².